The van der Waals surface area contributed by atoms with Crippen LogP contribution in [0.5, 0.6) is 0 Å². The third-order valence-corrected chi connectivity index (χ3v) is 2.75. The molecule has 0 aromatic rings. The highest BCUT2D eigenvalue weighted by Crippen LogP contribution is 2.41. The van der Waals surface area contributed by atoms with Gasteiger partial charge in [-0.25, -0.2) is 0 Å². The Kier molecular flexibility index (Phi) is 0.939. The fourth-order valence-corrected chi connectivity index (χ4v) is 2.22. The molecule has 3 heterocycles. The summed E-state index contributed by atoms with van der Waals surface area (Å²) in [4.78, 5) is 22.4. The average Bonchev–Trinajstić information content (AvgIpc) is 2.64. The van der Waals surface area contributed by atoms with Crippen molar-refractivity contribution in [3.8, 4) is 0 Å². The van der Waals surface area contributed by atoms with Gasteiger partial charge in [-0.15, -0.1) is 0 Å². The molecule has 0 aromatic carbocycles. The molecule has 4 atom stereocenters. The number of carbonyl (C=O) groups is 2. The lowest BCUT2D eigenvalue weighted by atomic mass is 9.85. The van der Waals surface area contributed by atoms with Crippen molar-refractivity contribution in [1.29, 1.82) is 0 Å². The quantitative estimate of drug-likeness (QED) is 0.378. The van der Waals surface area contributed by atoms with Gasteiger partial charge in [0, 0.05) is 0 Å². The van der Waals surface area contributed by atoms with Crippen LogP contribution in [0.4, 0.5) is 0 Å². The third-order valence-electron chi connectivity index (χ3n) is 2.75. The normalized spacial score (nSPS) is 48.3. The first-order valence-corrected chi connectivity index (χ1v) is 3.96. The Hall–Kier alpha value is -1.16. The molecular formula is C8H7NO3. The van der Waals surface area contributed by atoms with E-state index >= 15 is 0 Å². The van der Waals surface area contributed by atoms with Gasteiger partial charge in [-0.3, -0.25) is 14.9 Å². The summed E-state index contributed by atoms with van der Waals surface area (Å²) in [6.45, 7) is 0. The van der Waals surface area contributed by atoms with Crippen molar-refractivity contribution in [3.63, 3.8) is 0 Å². The Morgan fingerprint density at radius 2 is 1.58 bits per heavy atom. The second kappa shape index (κ2) is 1.77. The van der Waals surface area contributed by atoms with Gasteiger partial charge < -0.3 is 4.74 Å². The first-order valence-electron chi connectivity index (χ1n) is 3.96. The van der Waals surface area contributed by atoms with E-state index in [1.54, 1.807) is 0 Å². The van der Waals surface area contributed by atoms with Gasteiger partial charge in [-0.05, 0) is 0 Å². The average molecular weight is 165 g/mol. The van der Waals surface area contributed by atoms with Gasteiger partial charge in [-0.1, -0.05) is 12.2 Å². The van der Waals surface area contributed by atoms with Crippen molar-refractivity contribution in [2.24, 2.45) is 11.8 Å². The van der Waals surface area contributed by atoms with Crippen LogP contribution in [-0.4, -0.2) is 24.0 Å². The Morgan fingerprint density at radius 3 is 2.08 bits per heavy atom. The molecule has 2 saturated heterocycles. The maximum atomic E-state index is 11.2. The molecule has 2 fully saturated rings. The van der Waals surface area contributed by atoms with Crippen molar-refractivity contribution < 1.29 is 14.3 Å². The molecule has 62 valence electrons. The molecule has 1 unspecified atom stereocenters. The molecule has 0 aliphatic carbocycles. The predicted molar refractivity (Wildman–Crippen MR) is 37.9 cm³/mol. The monoisotopic (exact) mass is 165 g/mol. The zero-order valence-corrected chi connectivity index (χ0v) is 6.19. The molecule has 3 aliphatic rings. The van der Waals surface area contributed by atoms with E-state index in [1.165, 1.54) is 0 Å². The van der Waals surface area contributed by atoms with Gasteiger partial charge >= 0.3 is 0 Å². The summed E-state index contributed by atoms with van der Waals surface area (Å²) in [5.41, 5.74) is 0. The number of carbonyl (C=O) groups excluding carboxylic acids is 2. The van der Waals surface area contributed by atoms with Crippen LogP contribution in [0.3, 0.4) is 0 Å². The van der Waals surface area contributed by atoms with E-state index in [1.807, 2.05) is 12.2 Å². The van der Waals surface area contributed by atoms with Crippen LogP contribution in [0.2, 0.25) is 0 Å². The number of imide groups is 1. The molecule has 0 saturated carbocycles. The summed E-state index contributed by atoms with van der Waals surface area (Å²) in [6.07, 6.45) is 3.41. The molecule has 3 aliphatic heterocycles. The fraction of sp³-hybridized carbons (Fsp3) is 0.500. The second-order valence-electron chi connectivity index (χ2n) is 3.36. The highest BCUT2D eigenvalue weighted by atomic mass is 16.5. The van der Waals surface area contributed by atoms with E-state index in [2.05, 4.69) is 5.32 Å². The third kappa shape index (κ3) is 0.536. The van der Waals surface area contributed by atoms with Crippen molar-refractivity contribution in [2.75, 3.05) is 0 Å². The van der Waals surface area contributed by atoms with Gasteiger partial charge in [0.1, 0.15) is 0 Å². The van der Waals surface area contributed by atoms with Crippen LogP contribution < -0.4 is 5.32 Å². The molecule has 4 nitrogen and oxygen atoms in total. The minimum absolute atomic E-state index is 0.161. The van der Waals surface area contributed by atoms with E-state index in [0.717, 1.165) is 0 Å². The Labute approximate surface area is 68.6 Å². The number of nitrogens with one attached hydrogen (secondary N) is 1. The molecule has 1 N–H and O–H groups in total. The van der Waals surface area contributed by atoms with E-state index < -0.39 is 0 Å². The van der Waals surface area contributed by atoms with Crippen LogP contribution in [-0.2, 0) is 14.3 Å². The molecule has 2 amide bonds. The van der Waals surface area contributed by atoms with Gasteiger partial charge in [0.15, 0.2) is 0 Å². The summed E-state index contributed by atoms with van der Waals surface area (Å²) in [6, 6.07) is 0. The van der Waals surface area contributed by atoms with Crippen molar-refractivity contribution in [3.05, 3.63) is 12.2 Å². The van der Waals surface area contributed by atoms with Crippen molar-refractivity contribution in [1.82, 2.24) is 5.32 Å². The molecular weight excluding hydrogens is 158 g/mol. The zero-order chi connectivity index (χ0) is 8.29. The summed E-state index contributed by atoms with van der Waals surface area (Å²) in [5.74, 6) is -0.872. The Morgan fingerprint density at radius 1 is 1.08 bits per heavy atom. The molecule has 0 radical (unpaired) electrons. The van der Waals surface area contributed by atoms with Crippen LogP contribution in [0.15, 0.2) is 12.2 Å². The summed E-state index contributed by atoms with van der Waals surface area (Å²) >= 11 is 0. The Balaban J connectivity index is 2.08. The number of rotatable bonds is 0. The maximum Gasteiger partial charge on any atom is 0.233 e. The standard InChI is InChI=1S/C8H7NO3/c10-7-5-3-1-2-4(12-3)6(5)8(11)9-7/h1-6H,(H,9,10,11)/t3-,4?,5+,6-/m1/s1. The number of fused-ring (bicyclic) bond motifs is 5. The van der Waals surface area contributed by atoms with Crippen molar-refractivity contribution in [2.45, 2.75) is 12.2 Å². The Bertz CT molecular complexity index is 281. The first kappa shape index (κ1) is 6.37. The molecule has 4 heteroatoms. The number of amides is 2. The van der Waals surface area contributed by atoms with Gasteiger partial charge in [0.25, 0.3) is 0 Å². The minimum atomic E-state index is -0.257. The van der Waals surface area contributed by atoms with E-state index in [9.17, 15) is 9.59 Å². The lowest BCUT2D eigenvalue weighted by Crippen LogP contribution is -2.27. The molecule has 0 aromatic heterocycles. The van der Waals surface area contributed by atoms with E-state index in [0.29, 0.717) is 0 Å². The number of ether oxygens (including phenoxy) is 1. The van der Waals surface area contributed by atoms with Crippen LogP contribution in [0.25, 0.3) is 0 Å². The number of hydrogen-bond acceptors (Lipinski definition) is 3. The summed E-state index contributed by atoms with van der Waals surface area (Å²) in [5, 5.41) is 2.32. The SMILES string of the molecule is O=C1NC(=O)[C@@H]2C3C=C[C@@H](O3)[C@H]12. The summed E-state index contributed by atoms with van der Waals surface area (Å²) < 4.78 is 5.39. The topological polar surface area (TPSA) is 55.4 Å². The second-order valence-corrected chi connectivity index (χ2v) is 3.36. The smallest absolute Gasteiger partial charge is 0.233 e. The maximum absolute atomic E-state index is 11.2. The first-order chi connectivity index (χ1) is 5.77. The molecule has 12 heavy (non-hydrogen) atoms. The van der Waals surface area contributed by atoms with Gasteiger partial charge in [-0.2, -0.15) is 0 Å². The lowest BCUT2D eigenvalue weighted by Gasteiger charge is -2.10. The van der Waals surface area contributed by atoms with Crippen molar-refractivity contribution >= 4 is 11.8 Å². The highest BCUT2D eigenvalue weighted by Gasteiger charge is 2.57. The minimum Gasteiger partial charge on any atom is -0.365 e. The zero-order valence-electron chi connectivity index (χ0n) is 6.19. The molecule has 2 bridgehead atoms. The van der Waals surface area contributed by atoms with Gasteiger partial charge in [0.2, 0.25) is 11.8 Å². The van der Waals surface area contributed by atoms with Gasteiger partial charge in [0.05, 0.1) is 24.0 Å². The van der Waals surface area contributed by atoms with Crippen LogP contribution in [0.1, 0.15) is 0 Å². The summed E-state index contributed by atoms with van der Waals surface area (Å²) in [7, 11) is 0. The predicted octanol–water partition coefficient (Wildman–Crippen LogP) is -0.788. The van der Waals surface area contributed by atoms with Crippen LogP contribution in [0, 0.1) is 11.8 Å². The van der Waals surface area contributed by atoms with Crippen LogP contribution >= 0.6 is 0 Å². The molecule has 0 spiro atoms. The molecule has 3 rings (SSSR count). The highest BCUT2D eigenvalue weighted by molar-refractivity contribution is 6.06. The van der Waals surface area contributed by atoms with E-state index in [4.69, 9.17) is 4.74 Å². The lowest BCUT2D eigenvalue weighted by molar-refractivity contribution is -0.128. The number of hydrogen-bond donors (Lipinski definition) is 1. The largest absolute Gasteiger partial charge is 0.365 e. The fourth-order valence-electron chi connectivity index (χ4n) is 2.22. The van der Waals surface area contributed by atoms with E-state index in [-0.39, 0.29) is 35.9 Å².